The number of guanidine groups is 1. The van der Waals surface area contributed by atoms with Crippen LogP contribution in [0.1, 0.15) is 25.8 Å². The van der Waals surface area contributed by atoms with Crippen LogP contribution in [0.15, 0.2) is 29.3 Å². The number of aliphatic imine (C=N–C) groups is 1. The summed E-state index contributed by atoms with van der Waals surface area (Å²) in [7, 11) is 0. The van der Waals surface area contributed by atoms with Crippen molar-refractivity contribution in [3.63, 3.8) is 0 Å². The van der Waals surface area contributed by atoms with E-state index in [1.54, 1.807) is 0 Å². The molecule has 0 unspecified atom stereocenters. The minimum Gasteiger partial charge on any atom is -0.370 e. The summed E-state index contributed by atoms with van der Waals surface area (Å²) in [5.41, 5.74) is 7.47. The Morgan fingerprint density at radius 3 is 2.79 bits per heavy atom. The van der Waals surface area contributed by atoms with E-state index in [2.05, 4.69) is 22.5 Å². The first-order chi connectivity index (χ1) is 8.61. The van der Waals surface area contributed by atoms with Crippen LogP contribution in [-0.4, -0.2) is 18.4 Å². The molecule has 5 nitrogen and oxygen atoms in total. The number of anilines is 1. The number of amides is 1. The van der Waals surface area contributed by atoms with E-state index in [0.717, 1.165) is 24.2 Å². The number of rotatable bonds is 5. The molecule has 1 rings (SSSR count). The Hall–Kier alpha value is -1.31. The molecule has 1 aromatic carbocycles. The third kappa shape index (κ3) is 7.66. The summed E-state index contributed by atoms with van der Waals surface area (Å²) in [4.78, 5) is 15.2. The standard InChI is InChI=1S/C13H20N4O.HI/c1-3-7-15-13(14)16-9-11-5-4-6-12(8-11)17-10(2)18;/h4-6,8H,3,7,9H2,1-2H3,(H,17,18)(H3,14,15,16);1H. The first-order valence-corrected chi connectivity index (χ1v) is 6.02. The highest BCUT2D eigenvalue weighted by Gasteiger charge is 1.97. The van der Waals surface area contributed by atoms with Gasteiger partial charge in [-0.05, 0) is 24.1 Å². The van der Waals surface area contributed by atoms with Crippen LogP contribution in [0.5, 0.6) is 0 Å². The van der Waals surface area contributed by atoms with Gasteiger partial charge >= 0.3 is 0 Å². The summed E-state index contributed by atoms with van der Waals surface area (Å²) in [6, 6.07) is 7.55. The summed E-state index contributed by atoms with van der Waals surface area (Å²) in [6.45, 7) is 4.87. The fourth-order valence-corrected chi connectivity index (χ4v) is 1.44. The summed E-state index contributed by atoms with van der Waals surface area (Å²) in [5, 5.41) is 5.74. The highest BCUT2D eigenvalue weighted by atomic mass is 127. The van der Waals surface area contributed by atoms with E-state index in [4.69, 9.17) is 5.73 Å². The molecule has 0 radical (unpaired) electrons. The van der Waals surface area contributed by atoms with Gasteiger partial charge in [-0.25, -0.2) is 4.99 Å². The van der Waals surface area contributed by atoms with Crippen LogP contribution in [0.3, 0.4) is 0 Å². The molecule has 0 atom stereocenters. The first kappa shape index (κ1) is 17.7. The molecule has 1 amide bonds. The zero-order valence-corrected chi connectivity index (χ0v) is 13.6. The molecular weight excluding hydrogens is 355 g/mol. The smallest absolute Gasteiger partial charge is 0.221 e. The van der Waals surface area contributed by atoms with Gasteiger partial charge in [0.15, 0.2) is 5.96 Å². The van der Waals surface area contributed by atoms with Gasteiger partial charge in [-0.15, -0.1) is 24.0 Å². The molecular formula is C13H21IN4O. The lowest BCUT2D eigenvalue weighted by Crippen LogP contribution is -2.32. The molecule has 0 heterocycles. The molecule has 19 heavy (non-hydrogen) atoms. The average molecular weight is 376 g/mol. The van der Waals surface area contributed by atoms with Crippen LogP contribution in [0.25, 0.3) is 0 Å². The summed E-state index contributed by atoms with van der Waals surface area (Å²) in [6.07, 6.45) is 1.01. The van der Waals surface area contributed by atoms with Gasteiger partial charge in [0, 0.05) is 19.2 Å². The number of carbonyl (C=O) groups is 1. The Labute approximate surface area is 131 Å². The number of carbonyl (C=O) groups excluding carboxylic acids is 1. The largest absolute Gasteiger partial charge is 0.370 e. The summed E-state index contributed by atoms with van der Waals surface area (Å²) >= 11 is 0. The zero-order valence-electron chi connectivity index (χ0n) is 11.3. The van der Waals surface area contributed by atoms with Crippen LogP contribution in [0, 0.1) is 0 Å². The highest BCUT2D eigenvalue weighted by molar-refractivity contribution is 14.0. The summed E-state index contributed by atoms with van der Waals surface area (Å²) < 4.78 is 0. The molecule has 0 fully saturated rings. The molecule has 6 heteroatoms. The third-order valence-corrected chi connectivity index (χ3v) is 2.24. The Morgan fingerprint density at radius 2 is 2.16 bits per heavy atom. The predicted octanol–water partition coefficient (Wildman–Crippen LogP) is 2.08. The molecule has 0 aliphatic rings. The minimum absolute atomic E-state index is 0. The van der Waals surface area contributed by atoms with E-state index in [1.165, 1.54) is 6.92 Å². The number of hydrogen-bond donors (Lipinski definition) is 3. The molecule has 0 spiro atoms. The van der Waals surface area contributed by atoms with E-state index in [9.17, 15) is 4.79 Å². The second-order valence-corrected chi connectivity index (χ2v) is 4.01. The molecule has 0 aliphatic carbocycles. The van der Waals surface area contributed by atoms with Gasteiger partial charge in [-0.2, -0.15) is 0 Å². The second kappa shape index (κ2) is 9.60. The zero-order chi connectivity index (χ0) is 13.4. The van der Waals surface area contributed by atoms with Crippen LogP contribution in [0.2, 0.25) is 0 Å². The average Bonchev–Trinajstić information content (AvgIpc) is 2.33. The van der Waals surface area contributed by atoms with Crippen LogP contribution < -0.4 is 16.4 Å². The lowest BCUT2D eigenvalue weighted by Gasteiger charge is -2.05. The maximum absolute atomic E-state index is 10.9. The Bertz CT molecular complexity index is 434. The number of nitrogens with zero attached hydrogens (tertiary/aromatic N) is 1. The number of halogens is 1. The van der Waals surface area contributed by atoms with E-state index in [0.29, 0.717) is 12.5 Å². The fraction of sp³-hybridized carbons (Fsp3) is 0.385. The maximum Gasteiger partial charge on any atom is 0.221 e. The van der Waals surface area contributed by atoms with Crippen LogP contribution >= 0.6 is 24.0 Å². The molecule has 106 valence electrons. The van der Waals surface area contributed by atoms with Crippen molar-refractivity contribution in [2.24, 2.45) is 10.7 Å². The van der Waals surface area contributed by atoms with Crippen molar-refractivity contribution in [3.05, 3.63) is 29.8 Å². The van der Waals surface area contributed by atoms with Gasteiger partial charge in [0.1, 0.15) is 0 Å². The van der Waals surface area contributed by atoms with Crippen molar-refractivity contribution < 1.29 is 4.79 Å². The minimum atomic E-state index is -0.0835. The number of nitrogens with one attached hydrogen (secondary N) is 2. The van der Waals surface area contributed by atoms with Crippen LogP contribution in [0.4, 0.5) is 5.69 Å². The van der Waals surface area contributed by atoms with Gasteiger partial charge in [-0.1, -0.05) is 19.1 Å². The molecule has 0 saturated heterocycles. The third-order valence-electron chi connectivity index (χ3n) is 2.24. The van der Waals surface area contributed by atoms with E-state index < -0.39 is 0 Å². The molecule has 0 aliphatic heterocycles. The molecule has 0 aromatic heterocycles. The quantitative estimate of drug-likeness (QED) is 0.418. The SMILES string of the molecule is CCCNC(N)=NCc1cccc(NC(C)=O)c1.I. The van der Waals surface area contributed by atoms with Crippen molar-refractivity contribution >= 4 is 41.5 Å². The van der Waals surface area contributed by atoms with Gasteiger partial charge < -0.3 is 16.4 Å². The van der Waals surface area contributed by atoms with Crippen LogP contribution in [-0.2, 0) is 11.3 Å². The topological polar surface area (TPSA) is 79.5 Å². The van der Waals surface area contributed by atoms with E-state index in [-0.39, 0.29) is 29.9 Å². The van der Waals surface area contributed by atoms with Crippen molar-refractivity contribution in [3.8, 4) is 0 Å². The monoisotopic (exact) mass is 376 g/mol. The molecule has 0 bridgehead atoms. The van der Waals surface area contributed by atoms with Gasteiger partial charge in [0.25, 0.3) is 0 Å². The van der Waals surface area contributed by atoms with Crippen molar-refractivity contribution in [1.29, 1.82) is 0 Å². The van der Waals surface area contributed by atoms with Crippen molar-refractivity contribution in [1.82, 2.24) is 5.32 Å². The van der Waals surface area contributed by atoms with Gasteiger partial charge in [-0.3, -0.25) is 4.79 Å². The number of nitrogens with two attached hydrogens (primary N) is 1. The molecule has 1 aromatic rings. The molecule has 4 N–H and O–H groups in total. The highest BCUT2D eigenvalue weighted by Crippen LogP contribution is 2.11. The Kier molecular flexibility index (Phi) is 8.94. The Balaban J connectivity index is 0.00000324. The summed E-state index contributed by atoms with van der Waals surface area (Å²) in [5.74, 6) is 0.363. The molecule has 0 saturated carbocycles. The lowest BCUT2D eigenvalue weighted by atomic mass is 10.2. The second-order valence-electron chi connectivity index (χ2n) is 4.01. The van der Waals surface area contributed by atoms with Crippen molar-refractivity contribution in [2.75, 3.05) is 11.9 Å². The number of benzene rings is 1. The Morgan fingerprint density at radius 1 is 1.42 bits per heavy atom. The number of hydrogen-bond acceptors (Lipinski definition) is 2. The van der Waals surface area contributed by atoms with Crippen molar-refractivity contribution in [2.45, 2.75) is 26.8 Å². The van der Waals surface area contributed by atoms with E-state index in [1.807, 2.05) is 24.3 Å². The lowest BCUT2D eigenvalue weighted by molar-refractivity contribution is -0.114. The van der Waals surface area contributed by atoms with Gasteiger partial charge in [0.05, 0.1) is 6.54 Å². The van der Waals surface area contributed by atoms with E-state index >= 15 is 0 Å². The van der Waals surface area contributed by atoms with Gasteiger partial charge in [0.2, 0.25) is 5.91 Å². The maximum atomic E-state index is 10.9. The fourth-order valence-electron chi connectivity index (χ4n) is 1.44. The normalized spacial score (nSPS) is 10.5. The predicted molar refractivity (Wildman–Crippen MR) is 89.8 cm³/mol. The first-order valence-electron chi connectivity index (χ1n) is 6.02.